The molecule has 0 N–H and O–H groups in total. The molecule has 1 aliphatic rings. The van der Waals surface area contributed by atoms with Gasteiger partial charge in [-0.05, 0) is 32.9 Å². The van der Waals surface area contributed by atoms with Crippen LogP contribution in [0.5, 0.6) is 0 Å². The molecule has 1 unspecified atom stereocenters. The smallest absolute Gasteiger partial charge is 0.222 e. The molecule has 1 amide bonds. The lowest BCUT2D eigenvalue weighted by Crippen LogP contribution is -2.52. The van der Waals surface area contributed by atoms with E-state index in [9.17, 15) is 4.79 Å². The lowest BCUT2D eigenvalue weighted by molar-refractivity contribution is -0.133. The normalized spacial score (nSPS) is 20.6. The van der Waals surface area contributed by atoms with Gasteiger partial charge in [-0.25, -0.2) is 0 Å². The maximum atomic E-state index is 12.2. The van der Waals surface area contributed by atoms with E-state index >= 15 is 0 Å². The van der Waals surface area contributed by atoms with E-state index < -0.39 is 0 Å². The van der Waals surface area contributed by atoms with Crippen LogP contribution in [0, 0.1) is 6.92 Å². The molecule has 2 rings (SSSR count). The van der Waals surface area contributed by atoms with Crippen LogP contribution in [0.1, 0.15) is 24.5 Å². The summed E-state index contributed by atoms with van der Waals surface area (Å²) in [5.41, 5.74) is 2.52. The van der Waals surface area contributed by atoms with Crippen molar-refractivity contribution in [2.75, 3.05) is 26.7 Å². The highest BCUT2D eigenvalue weighted by Gasteiger charge is 2.23. The number of nitrogens with zero attached hydrogens (tertiary/aromatic N) is 2. The predicted octanol–water partition coefficient (Wildman–Crippen LogP) is 2.09. The van der Waals surface area contributed by atoms with Crippen molar-refractivity contribution < 1.29 is 4.79 Å². The van der Waals surface area contributed by atoms with Crippen LogP contribution in [0.25, 0.3) is 0 Å². The van der Waals surface area contributed by atoms with Crippen molar-refractivity contribution in [1.29, 1.82) is 0 Å². The van der Waals surface area contributed by atoms with Crippen molar-refractivity contribution >= 4 is 5.91 Å². The molecule has 104 valence electrons. The summed E-state index contributed by atoms with van der Waals surface area (Å²) in [6.45, 7) is 6.98. The van der Waals surface area contributed by atoms with Crippen molar-refractivity contribution in [3.8, 4) is 0 Å². The molecule has 0 radical (unpaired) electrons. The van der Waals surface area contributed by atoms with Crippen LogP contribution in [0.3, 0.4) is 0 Å². The van der Waals surface area contributed by atoms with Gasteiger partial charge in [-0.1, -0.05) is 29.8 Å². The fourth-order valence-electron chi connectivity index (χ4n) is 2.44. The van der Waals surface area contributed by atoms with Crippen molar-refractivity contribution in [2.45, 2.75) is 32.7 Å². The summed E-state index contributed by atoms with van der Waals surface area (Å²) >= 11 is 0. The van der Waals surface area contributed by atoms with E-state index in [2.05, 4.69) is 50.1 Å². The van der Waals surface area contributed by atoms with Crippen LogP contribution in [0.4, 0.5) is 0 Å². The topological polar surface area (TPSA) is 23.6 Å². The average Bonchev–Trinajstić information content (AvgIpc) is 2.41. The van der Waals surface area contributed by atoms with E-state index in [0.29, 0.717) is 18.4 Å². The van der Waals surface area contributed by atoms with Crippen molar-refractivity contribution in [3.05, 3.63) is 35.4 Å². The summed E-state index contributed by atoms with van der Waals surface area (Å²) in [4.78, 5) is 16.5. The molecular formula is C16H24N2O. The Kier molecular flexibility index (Phi) is 4.59. The minimum Gasteiger partial charge on any atom is -0.340 e. The third-order valence-electron chi connectivity index (χ3n) is 4.06. The summed E-state index contributed by atoms with van der Waals surface area (Å²) in [7, 11) is 2.12. The molecule has 0 saturated carbocycles. The van der Waals surface area contributed by atoms with Gasteiger partial charge in [0.2, 0.25) is 5.91 Å². The van der Waals surface area contributed by atoms with E-state index in [1.54, 1.807) is 0 Å². The molecule has 1 aromatic carbocycles. The molecular weight excluding hydrogens is 236 g/mol. The number of carbonyl (C=O) groups excluding carboxylic acids is 1. The van der Waals surface area contributed by atoms with Gasteiger partial charge < -0.3 is 9.80 Å². The fourth-order valence-corrected chi connectivity index (χ4v) is 2.44. The molecule has 3 nitrogen and oxygen atoms in total. The molecule has 19 heavy (non-hydrogen) atoms. The zero-order valence-corrected chi connectivity index (χ0v) is 12.2. The first-order valence-corrected chi connectivity index (χ1v) is 7.10. The van der Waals surface area contributed by atoms with Crippen LogP contribution in [0.2, 0.25) is 0 Å². The van der Waals surface area contributed by atoms with Gasteiger partial charge in [0.05, 0.1) is 0 Å². The standard InChI is InChI=1S/C16H24N2O/c1-13-4-6-15(7-5-13)8-9-16(19)18-11-10-17(3)14(2)12-18/h4-7,14H,8-12H2,1-3H3. The highest BCUT2D eigenvalue weighted by molar-refractivity contribution is 5.76. The number of rotatable bonds is 3. The fraction of sp³-hybridized carbons (Fsp3) is 0.562. The van der Waals surface area contributed by atoms with Gasteiger partial charge in [-0.3, -0.25) is 4.79 Å². The Morgan fingerprint density at radius 1 is 1.26 bits per heavy atom. The Hall–Kier alpha value is -1.35. The monoisotopic (exact) mass is 260 g/mol. The molecule has 0 bridgehead atoms. The number of benzene rings is 1. The van der Waals surface area contributed by atoms with Crippen molar-refractivity contribution in [3.63, 3.8) is 0 Å². The van der Waals surface area contributed by atoms with Gasteiger partial charge in [0, 0.05) is 32.1 Å². The quantitative estimate of drug-likeness (QED) is 0.831. The molecule has 1 saturated heterocycles. The Labute approximate surface area is 116 Å². The summed E-state index contributed by atoms with van der Waals surface area (Å²) < 4.78 is 0. The highest BCUT2D eigenvalue weighted by atomic mass is 16.2. The van der Waals surface area contributed by atoms with Gasteiger partial charge in [-0.2, -0.15) is 0 Å². The van der Waals surface area contributed by atoms with Crippen LogP contribution >= 0.6 is 0 Å². The molecule has 1 aliphatic heterocycles. The van der Waals surface area contributed by atoms with Crippen LogP contribution in [-0.4, -0.2) is 48.4 Å². The summed E-state index contributed by atoms with van der Waals surface area (Å²) in [5, 5.41) is 0. The first-order chi connectivity index (χ1) is 9.06. The predicted molar refractivity (Wildman–Crippen MR) is 78.2 cm³/mol. The molecule has 1 fully saturated rings. The van der Waals surface area contributed by atoms with Crippen LogP contribution in [0.15, 0.2) is 24.3 Å². The Bertz CT molecular complexity index is 427. The molecule has 0 spiro atoms. The zero-order chi connectivity index (χ0) is 13.8. The first-order valence-electron chi connectivity index (χ1n) is 7.10. The maximum Gasteiger partial charge on any atom is 0.222 e. The molecule has 0 aromatic heterocycles. The van der Waals surface area contributed by atoms with Crippen molar-refractivity contribution in [2.24, 2.45) is 0 Å². The maximum absolute atomic E-state index is 12.2. The Morgan fingerprint density at radius 2 is 1.95 bits per heavy atom. The van der Waals surface area contributed by atoms with Gasteiger partial charge in [0.25, 0.3) is 0 Å². The number of amides is 1. The van der Waals surface area contributed by atoms with E-state index in [4.69, 9.17) is 0 Å². The van der Waals surface area contributed by atoms with Gasteiger partial charge in [-0.15, -0.1) is 0 Å². The lowest BCUT2D eigenvalue weighted by atomic mass is 10.1. The zero-order valence-electron chi connectivity index (χ0n) is 12.2. The minimum atomic E-state index is 0.292. The molecule has 1 aromatic rings. The Morgan fingerprint density at radius 3 is 2.58 bits per heavy atom. The molecule has 1 heterocycles. The van der Waals surface area contributed by atoms with Gasteiger partial charge in [0.15, 0.2) is 0 Å². The second-order valence-corrected chi connectivity index (χ2v) is 5.65. The minimum absolute atomic E-state index is 0.292. The van der Waals surface area contributed by atoms with Crippen LogP contribution in [-0.2, 0) is 11.2 Å². The number of carbonyl (C=O) groups is 1. The van der Waals surface area contributed by atoms with E-state index in [0.717, 1.165) is 26.1 Å². The lowest BCUT2D eigenvalue weighted by Gasteiger charge is -2.37. The summed E-state index contributed by atoms with van der Waals surface area (Å²) in [6.07, 6.45) is 1.47. The van der Waals surface area contributed by atoms with Gasteiger partial charge >= 0.3 is 0 Å². The van der Waals surface area contributed by atoms with Crippen molar-refractivity contribution in [1.82, 2.24) is 9.80 Å². The number of piperazine rings is 1. The van der Waals surface area contributed by atoms with Gasteiger partial charge in [0.1, 0.15) is 0 Å². The number of likely N-dealkylation sites (N-methyl/N-ethyl adjacent to an activating group) is 1. The van der Waals surface area contributed by atoms with E-state index in [-0.39, 0.29) is 0 Å². The summed E-state index contributed by atoms with van der Waals surface area (Å²) in [5.74, 6) is 0.292. The number of aryl methyl sites for hydroxylation is 2. The second kappa shape index (κ2) is 6.20. The first kappa shape index (κ1) is 14.1. The Balaban J connectivity index is 1.83. The van der Waals surface area contributed by atoms with Crippen LogP contribution < -0.4 is 0 Å². The van der Waals surface area contributed by atoms with E-state index in [1.165, 1.54) is 11.1 Å². The molecule has 1 atom stereocenters. The number of hydrogen-bond donors (Lipinski definition) is 0. The van der Waals surface area contributed by atoms with E-state index in [1.807, 2.05) is 4.90 Å². The molecule has 0 aliphatic carbocycles. The second-order valence-electron chi connectivity index (χ2n) is 5.65. The summed E-state index contributed by atoms with van der Waals surface area (Å²) in [6, 6.07) is 8.93. The SMILES string of the molecule is Cc1ccc(CCC(=O)N2CCN(C)C(C)C2)cc1. The average molecular weight is 260 g/mol. The highest BCUT2D eigenvalue weighted by Crippen LogP contribution is 2.11. The molecule has 3 heteroatoms. The number of hydrogen-bond acceptors (Lipinski definition) is 2. The largest absolute Gasteiger partial charge is 0.340 e. The third kappa shape index (κ3) is 3.80. The third-order valence-corrected chi connectivity index (χ3v) is 4.06.